The lowest BCUT2D eigenvalue weighted by molar-refractivity contribution is -0.142. The van der Waals surface area contributed by atoms with Crippen LogP contribution in [0.5, 0.6) is 5.75 Å². The highest BCUT2D eigenvalue weighted by Crippen LogP contribution is 2.36. The third-order valence-electron chi connectivity index (χ3n) is 7.04. The largest absolute Gasteiger partial charge is 0.497 e. The van der Waals surface area contributed by atoms with Crippen LogP contribution in [0.3, 0.4) is 0 Å². The SMILES string of the molecule is COc1cccc(-c2cc(C(F)(F)F)n3nc(C(=O)OC[C@H]4CCCN5CCCC[C@H]45)c(Cl)c3n2)c1. The molecule has 0 spiro atoms. The van der Waals surface area contributed by atoms with Crippen molar-refractivity contribution in [2.24, 2.45) is 5.92 Å². The van der Waals surface area contributed by atoms with Crippen molar-refractivity contribution in [1.29, 1.82) is 0 Å². The molecule has 0 radical (unpaired) electrons. The zero-order chi connectivity index (χ0) is 25.4. The molecule has 2 saturated heterocycles. The maximum absolute atomic E-state index is 14.0. The Hall–Kier alpha value is -2.85. The number of halogens is 4. The van der Waals surface area contributed by atoms with E-state index in [-0.39, 0.29) is 34.6 Å². The number of esters is 1. The van der Waals surface area contributed by atoms with E-state index in [1.54, 1.807) is 24.3 Å². The third kappa shape index (κ3) is 4.76. The Morgan fingerprint density at radius 2 is 1.97 bits per heavy atom. The summed E-state index contributed by atoms with van der Waals surface area (Å²) in [6.07, 6.45) is 0.579. The Bertz CT molecular complexity index is 1280. The van der Waals surface area contributed by atoms with Gasteiger partial charge < -0.3 is 9.47 Å². The molecule has 0 aliphatic carbocycles. The molecule has 2 atom stereocenters. The number of ether oxygens (including phenoxy) is 2. The van der Waals surface area contributed by atoms with Gasteiger partial charge in [-0.2, -0.15) is 18.3 Å². The molecule has 2 aliphatic heterocycles. The number of aromatic nitrogens is 3. The van der Waals surface area contributed by atoms with E-state index in [0.29, 0.717) is 21.9 Å². The molecule has 36 heavy (non-hydrogen) atoms. The fourth-order valence-corrected chi connectivity index (χ4v) is 5.51. The molecular formula is C25H26ClF3N4O3. The van der Waals surface area contributed by atoms with Gasteiger partial charge in [-0.15, -0.1) is 0 Å². The molecule has 7 nitrogen and oxygen atoms in total. The Kier molecular flexibility index (Phi) is 6.82. The van der Waals surface area contributed by atoms with Crippen molar-refractivity contribution in [2.45, 2.75) is 44.3 Å². The molecule has 2 fully saturated rings. The number of carbonyl (C=O) groups excluding carboxylic acids is 1. The van der Waals surface area contributed by atoms with Crippen LogP contribution in [0.25, 0.3) is 16.9 Å². The molecule has 5 rings (SSSR count). The molecule has 11 heteroatoms. The minimum Gasteiger partial charge on any atom is -0.497 e. The van der Waals surface area contributed by atoms with Crippen LogP contribution in [0.15, 0.2) is 30.3 Å². The van der Waals surface area contributed by atoms with E-state index < -0.39 is 17.8 Å². The van der Waals surface area contributed by atoms with E-state index in [1.807, 2.05) is 0 Å². The van der Waals surface area contributed by atoms with Crippen molar-refractivity contribution in [3.8, 4) is 17.0 Å². The van der Waals surface area contributed by atoms with Gasteiger partial charge in [-0.1, -0.05) is 30.2 Å². The standard InChI is InChI=1S/C25H26ClF3N4O3/c1-35-17-8-4-6-15(12-17)18-13-20(25(27,28)29)33-23(30-18)21(26)22(31-33)24(34)36-14-16-7-5-11-32-10-3-2-9-19(16)32/h4,6,8,12-13,16,19H,2-3,5,7,9-11,14H2,1H3/t16-,19-/m1/s1. The van der Waals surface area contributed by atoms with Crippen LogP contribution in [0.1, 0.15) is 48.3 Å². The molecule has 2 aliphatic rings. The van der Waals surface area contributed by atoms with Gasteiger partial charge in [0.25, 0.3) is 0 Å². The van der Waals surface area contributed by atoms with Crippen LogP contribution in [0.2, 0.25) is 5.02 Å². The molecule has 1 aromatic carbocycles. The van der Waals surface area contributed by atoms with Gasteiger partial charge in [0.15, 0.2) is 17.0 Å². The molecule has 0 bridgehead atoms. The second-order valence-electron chi connectivity index (χ2n) is 9.25. The second-order valence-corrected chi connectivity index (χ2v) is 9.63. The first-order chi connectivity index (χ1) is 17.3. The highest BCUT2D eigenvalue weighted by Gasteiger charge is 2.38. The summed E-state index contributed by atoms with van der Waals surface area (Å²) in [5.74, 6) is -0.206. The van der Waals surface area contributed by atoms with E-state index in [2.05, 4.69) is 15.0 Å². The Labute approximate surface area is 211 Å². The van der Waals surface area contributed by atoms with Gasteiger partial charge in [-0.3, -0.25) is 4.90 Å². The molecule has 192 valence electrons. The van der Waals surface area contributed by atoms with Gasteiger partial charge in [0.05, 0.1) is 19.4 Å². The van der Waals surface area contributed by atoms with Crippen LogP contribution in [0, 0.1) is 5.92 Å². The van der Waals surface area contributed by atoms with E-state index in [0.717, 1.165) is 44.8 Å². The average molecular weight is 523 g/mol. The number of carbonyl (C=O) groups is 1. The van der Waals surface area contributed by atoms with Crippen molar-refractivity contribution < 1.29 is 27.4 Å². The maximum Gasteiger partial charge on any atom is 0.433 e. The fourth-order valence-electron chi connectivity index (χ4n) is 5.28. The fraction of sp³-hybridized carbons (Fsp3) is 0.480. The van der Waals surface area contributed by atoms with Crippen molar-refractivity contribution in [3.05, 3.63) is 46.7 Å². The number of alkyl halides is 3. The molecule has 0 N–H and O–H groups in total. The van der Waals surface area contributed by atoms with Crippen molar-refractivity contribution in [3.63, 3.8) is 0 Å². The van der Waals surface area contributed by atoms with Crippen molar-refractivity contribution >= 4 is 23.2 Å². The summed E-state index contributed by atoms with van der Waals surface area (Å²) in [7, 11) is 1.46. The van der Waals surface area contributed by atoms with Crippen LogP contribution in [-0.2, 0) is 10.9 Å². The second kappa shape index (κ2) is 9.89. The summed E-state index contributed by atoms with van der Waals surface area (Å²) in [6, 6.07) is 7.73. The first-order valence-corrected chi connectivity index (χ1v) is 12.4. The first kappa shape index (κ1) is 24.8. The monoisotopic (exact) mass is 522 g/mol. The molecular weight excluding hydrogens is 497 g/mol. The number of hydrogen-bond acceptors (Lipinski definition) is 6. The maximum atomic E-state index is 14.0. The Morgan fingerprint density at radius 1 is 1.17 bits per heavy atom. The average Bonchev–Trinajstić information content (AvgIpc) is 3.22. The summed E-state index contributed by atoms with van der Waals surface area (Å²) in [5, 5.41) is 3.61. The lowest BCUT2D eigenvalue weighted by Crippen LogP contribution is -2.49. The summed E-state index contributed by atoms with van der Waals surface area (Å²) in [4.78, 5) is 19.7. The first-order valence-electron chi connectivity index (χ1n) is 12.0. The van der Waals surface area contributed by atoms with Gasteiger partial charge in [0, 0.05) is 17.5 Å². The van der Waals surface area contributed by atoms with Gasteiger partial charge in [-0.05, 0) is 57.0 Å². The van der Waals surface area contributed by atoms with E-state index >= 15 is 0 Å². The number of fused-ring (bicyclic) bond motifs is 2. The van der Waals surface area contributed by atoms with Gasteiger partial charge in [0.2, 0.25) is 0 Å². The molecule has 0 amide bonds. The van der Waals surface area contributed by atoms with Gasteiger partial charge >= 0.3 is 12.1 Å². The quantitative estimate of drug-likeness (QED) is 0.412. The zero-order valence-corrected chi connectivity index (χ0v) is 20.5. The minimum atomic E-state index is -4.77. The lowest BCUT2D eigenvalue weighted by Gasteiger charge is -2.44. The number of hydrogen-bond donors (Lipinski definition) is 0. The highest BCUT2D eigenvalue weighted by molar-refractivity contribution is 6.36. The number of methoxy groups -OCH3 is 1. The molecule has 4 heterocycles. The lowest BCUT2D eigenvalue weighted by atomic mass is 9.84. The van der Waals surface area contributed by atoms with Crippen molar-refractivity contribution in [2.75, 3.05) is 26.8 Å². The molecule has 2 aromatic heterocycles. The number of rotatable bonds is 5. The zero-order valence-electron chi connectivity index (χ0n) is 19.7. The van der Waals surface area contributed by atoms with Crippen LogP contribution >= 0.6 is 11.6 Å². The molecule has 0 unspecified atom stereocenters. The predicted molar refractivity (Wildman–Crippen MR) is 127 cm³/mol. The topological polar surface area (TPSA) is 69.0 Å². The summed E-state index contributed by atoms with van der Waals surface area (Å²) < 4.78 is 53.2. The van der Waals surface area contributed by atoms with Gasteiger partial charge in [-0.25, -0.2) is 14.3 Å². The normalized spacial score (nSPS) is 20.8. The smallest absolute Gasteiger partial charge is 0.433 e. The van der Waals surface area contributed by atoms with Crippen molar-refractivity contribution in [1.82, 2.24) is 19.5 Å². The third-order valence-corrected chi connectivity index (χ3v) is 7.39. The summed E-state index contributed by atoms with van der Waals surface area (Å²) in [5.41, 5.74) is -1.33. The van der Waals surface area contributed by atoms with Crippen LogP contribution < -0.4 is 4.74 Å². The number of piperidine rings is 2. The highest BCUT2D eigenvalue weighted by atomic mass is 35.5. The minimum absolute atomic E-state index is 0.0232. The van der Waals surface area contributed by atoms with Gasteiger partial charge in [0.1, 0.15) is 10.8 Å². The Balaban J connectivity index is 1.46. The van der Waals surface area contributed by atoms with Crippen LogP contribution in [0.4, 0.5) is 13.2 Å². The number of nitrogens with zero attached hydrogens (tertiary/aromatic N) is 4. The Morgan fingerprint density at radius 3 is 2.75 bits per heavy atom. The summed E-state index contributed by atoms with van der Waals surface area (Å²) >= 11 is 6.38. The van der Waals surface area contributed by atoms with E-state index in [9.17, 15) is 18.0 Å². The molecule has 0 saturated carbocycles. The predicted octanol–water partition coefficient (Wildman–Crippen LogP) is 5.50. The van der Waals surface area contributed by atoms with E-state index in [4.69, 9.17) is 21.1 Å². The summed E-state index contributed by atoms with van der Waals surface area (Å²) in [6.45, 7) is 2.28. The van der Waals surface area contributed by atoms with E-state index in [1.165, 1.54) is 13.5 Å². The van der Waals surface area contributed by atoms with Crippen LogP contribution in [-0.4, -0.2) is 58.3 Å². The number of benzene rings is 1. The molecule has 3 aromatic rings.